The minimum atomic E-state index is -4.77. The number of amides is 1. The third kappa shape index (κ3) is 8.08. The molecule has 1 aliphatic carbocycles. The average molecular weight is 561 g/mol. The highest BCUT2D eigenvalue weighted by Crippen LogP contribution is 2.46. The van der Waals surface area contributed by atoms with Gasteiger partial charge in [-0.15, -0.1) is 13.2 Å². The van der Waals surface area contributed by atoms with Crippen LogP contribution in [0.25, 0.3) is 0 Å². The van der Waals surface area contributed by atoms with Gasteiger partial charge in [-0.25, -0.2) is 0 Å². The number of aryl methyl sites for hydroxylation is 1. The first-order valence-electron chi connectivity index (χ1n) is 13.6. The molecule has 9 heteroatoms. The zero-order valence-corrected chi connectivity index (χ0v) is 23.8. The van der Waals surface area contributed by atoms with Crippen LogP contribution < -0.4 is 4.74 Å². The molecule has 1 saturated carbocycles. The summed E-state index contributed by atoms with van der Waals surface area (Å²) in [6.07, 6.45) is -0.385. The van der Waals surface area contributed by atoms with Gasteiger partial charge in [0.1, 0.15) is 11.4 Å². The molecule has 0 saturated heterocycles. The first-order valence-corrected chi connectivity index (χ1v) is 13.6. The van der Waals surface area contributed by atoms with E-state index in [1.165, 1.54) is 12.1 Å². The monoisotopic (exact) mass is 560 g/mol. The van der Waals surface area contributed by atoms with Gasteiger partial charge in [0.15, 0.2) is 0 Å². The highest BCUT2D eigenvalue weighted by molar-refractivity contribution is 5.99. The third-order valence-electron chi connectivity index (χ3n) is 7.99. The van der Waals surface area contributed by atoms with Crippen molar-refractivity contribution in [2.24, 2.45) is 16.3 Å². The second kappa shape index (κ2) is 12.4. The number of carbonyl (C=O) groups is 2. The van der Waals surface area contributed by atoms with Crippen LogP contribution in [0.2, 0.25) is 0 Å². The van der Waals surface area contributed by atoms with Crippen molar-refractivity contribution in [3.05, 3.63) is 65.2 Å². The van der Waals surface area contributed by atoms with Crippen molar-refractivity contribution in [2.45, 2.75) is 91.2 Å². The summed E-state index contributed by atoms with van der Waals surface area (Å²) in [6, 6.07) is 12.9. The van der Waals surface area contributed by atoms with Crippen LogP contribution in [-0.2, 0) is 16.0 Å². The molecule has 0 heterocycles. The van der Waals surface area contributed by atoms with E-state index < -0.39 is 18.0 Å². The summed E-state index contributed by atoms with van der Waals surface area (Å²) < 4.78 is 41.8. The first-order chi connectivity index (χ1) is 18.6. The van der Waals surface area contributed by atoms with Gasteiger partial charge in [0.05, 0.1) is 6.04 Å². The van der Waals surface area contributed by atoms with E-state index in [4.69, 9.17) is 10.1 Å². The van der Waals surface area contributed by atoms with Crippen LogP contribution in [0.15, 0.2) is 53.5 Å². The lowest BCUT2D eigenvalue weighted by molar-refractivity contribution is -0.274. The number of carboxylic acid groups (broad SMARTS) is 1. The topological polar surface area (TPSA) is 79.2 Å². The Morgan fingerprint density at radius 1 is 1.10 bits per heavy atom. The van der Waals surface area contributed by atoms with Crippen LogP contribution >= 0.6 is 0 Å². The minimum absolute atomic E-state index is 0.0463. The SMILES string of the molecule is C/C(=N\C1(N(C=O)C(C)c2ccc(CCC(=O)O)cc2)CCC(C(C)(C)C)CC1)c1ccc(OC(F)(F)F)cc1. The van der Waals surface area contributed by atoms with Crippen molar-refractivity contribution in [2.75, 3.05) is 0 Å². The number of carboxylic acids is 1. The van der Waals surface area contributed by atoms with Crippen LogP contribution in [0.5, 0.6) is 5.75 Å². The molecule has 0 radical (unpaired) electrons. The van der Waals surface area contributed by atoms with Crippen LogP contribution in [0.4, 0.5) is 13.2 Å². The second-order valence-corrected chi connectivity index (χ2v) is 11.7. The maximum absolute atomic E-state index is 12.7. The van der Waals surface area contributed by atoms with Crippen LogP contribution in [0.3, 0.4) is 0 Å². The molecule has 6 nitrogen and oxygen atoms in total. The van der Waals surface area contributed by atoms with Crippen molar-refractivity contribution in [3.8, 4) is 5.75 Å². The van der Waals surface area contributed by atoms with E-state index in [0.717, 1.165) is 30.4 Å². The molecular weight excluding hydrogens is 521 g/mol. The summed E-state index contributed by atoms with van der Waals surface area (Å²) in [7, 11) is 0. The molecule has 0 aliphatic heterocycles. The maximum Gasteiger partial charge on any atom is 0.573 e. The summed E-state index contributed by atoms with van der Waals surface area (Å²) in [5.74, 6) is -0.695. The largest absolute Gasteiger partial charge is 0.573 e. The van der Waals surface area contributed by atoms with Crippen LogP contribution in [0, 0.1) is 11.3 Å². The average Bonchev–Trinajstić information content (AvgIpc) is 2.87. The van der Waals surface area contributed by atoms with Crippen molar-refractivity contribution >= 4 is 18.1 Å². The Bertz CT molecular complexity index is 1180. The Hall–Kier alpha value is -3.36. The predicted octanol–water partition coefficient (Wildman–Crippen LogP) is 7.56. The number of nitrogens with zero attached hydrogens (tertiary/aromatic N) is 2. The molecule has 1 amide bonds. The molecule has 1 N–H and O–H groups in total. The number of alkyl halides is 3. The zero-order chi connectivity index (χ0) is 29.7. The quantitative estimate of drug-likeness (QED) is 0.240. The van der Waals surface area contributed by atoms with Crippen molar-refractivity contribution in [1.29, 1.82) is 0 Å². The fraction of sp³-hybridized carbons (Fsp3) is 0.516. The zero-order valence-electron chi connectivity index (χ0n) is 23.8. The van der Waals surface area contributed by atoms with Gasteiger partial charge >= 0.3 is 12.3 Å². The van der Waals surface area contributed by atoms with E-state index in [0.29, 0.717) is 36.5 Å². The lowest BCUT2D eigenvalue weighted by Crippen LogP contribution is -2.51. The molecule has 218 valence electrons. The molecule has 0 aromatic heterocycles. The molecule has 1 atom stereocenters. The molecule has 3 rings (SSSR count). The van der Waals surface area contributed by atoms with Gasteiger partial charge < -0.3 is 14.7 Å². The van der Waals surface area contributed by atoms with E-state index >= 15 is 0 Å². The summed E-state index contributed by atoms with van der Waals surface area (Å²) in [6.45, 7) is 10.4. The van der Waals surface area contributed by atoms with E-state index in [-0.39, 0.29) is 23.6 Å². The van der Waals surface area contributed by atoms with E-state index in [1.54, 1.807) is 17.0 Å². The second-order valence-electron chi connectivity index (χ2n) is 11.7. The van der Waals surface area contributed by atoms with Gasteiger partial charge in [0.25, 0.3) is 0 Å². The summed E-state index contributed by atoms with van der Waals surface area (Å²) in [5.41, 5.74) is 2.37. The smallest absolute Gasteiger partial charge is 0.481 e. The van der Waals surface area contributed by atoms with Gasteiger partial charge in [0.2, 0.25) is 6.41 Å². The van der Waals surface area contributed by atoms with Gasteiger partial charge in [0, 0.05) is 12.1 Å². The number of benzene rings is 2. The lowest BCUT2D eigenvalue weighted by atomic mass is 9.69. The molecular formula is C31H39F3N2O4. The Balaban J connectivity index is 1.94. The highest BCUT2D eigenvalue weighted by atomic mass is 19.4. The number of ether oxygens (including phenoxy) is 1. The van der Waals surface area contributed by atoms with Gasteiger partial charge in [-0.05, 0) is 98.2 Å². The molecule has 1 aliphatic rings. The molecule has 1 fully saturated rings. The molecule has 0 bridgehead atoms. The van der Waals surface area contributed by atoms with Crippen LogP contribution in [-0.4, -0.2) is 40.1 Å². The van der Waals surface area contributed by atoms with E-state index in [2.05, 4.69) is 25.5 Å². The van der Waals surface area contributed by atoms with Gasteiger partial charge in [-0.2, -0.15) is 0 Å². The van der Waals surface area contributed by atoms with Crippen molar-refractivity contribution < 1.29 is 32.6 Å². The highest BCUT2D eigenvalue weighted by Gasteiger charge is 2.44. The molecule has 40 heavy (non-hydrogen) atoms. The van der Waals surface area contributed by atoms with Crippen LogP contribution in [0.1, 0.15) is 89.5 Å². The standard InChI is InChI=1S/C31H39F3N2O4/c1-21(24-11-13-27(14-12-24)40-31(32,33)34)35-30(18-16-26(17-19-30)29(3,4)5)36(20-37)22(2)25-9-6-23(7-10-25)8-15-28(38)39/h6-7,9-14,20,22,26H,8,15-19H2,1-5H3,(H,38,39)/b35-21+. The summed E-state index contributed by atoms with van der Waals surface area (Å²) in [4.78, 5) is 30.5. The Labute approximate surface area is 234 Å². The number of aliphatic imine (C=N–C) groups is 1. The molecule has 0 spiro atoms. The van der Waals surface area contributed by atoms with Crippen molar-refractivity contribution in [3.63, 3.8) is 0 Å². The Kier molecular flexibility index (Phi) is 9.69. The maximum atomic E-state index is 12.7. The van der Waals surface area contributed by atoms with E-state index in [1.807, 2.05) is 38.1 Å². The molecule has 1 unspecified atom stereocenters. The number of hydrogen-bond acceptors (Lipinski definition) is 4. The summed E-state index contributed by atoms with van der Waals surface area (Å²) >= 11 is 0. The number of aliphatic carboxylic acids is 1. The van der Waals surface area contributed by atoms with Crippen molar-refractivity contribution in [1.82, 2.24) is 4.90 Å². The normalized spacial score (nSPS) is 21.0. The summed E-state index contributed by atoms with van der Waals surface area (Å²) in [5, 5.41) is 8.97. The first kappa shape index (κ1) is 31.2. The number of rotatable bonds is 10. The van der Waals surface area contributed by atoms with Gasteiger partial charge in [-0.1, -0.05) is 45.0 Å². The number of halogens is 3. The minimum Gasteiger partial charge on any atom is -0.481 e. The fourth-order valence-corrected chi connectivity index (χ4v) is 5.57. The molecule has 2 aromatic carbocycles. The van der Waals surface area contributed by atoms with E-state index in [9.17, 15) is 22.8 Å². The number of hydrogen-bond donors (Lipinski definition) is 1. The van der Waals surface area contributed by atoms with Gasteiger partial charge in [-0.3, -0.25) is 14.6 Å². The molecule has 2 aromatic rings. The third-order valence-corrected chi connectivity index (χ3v) is 7.99. The Morgan fingerprint density at radius 2 is 1.68 bits per heavy atom. The number of carbonyl (C=O) groups excluding carboxylic acids is 1. The Morgan fingerprint density at radius 3 is 2.15 bits per heavy atom. The fourth-order valence-electron chi connectivity index (χ4n) is 5.57. The lowest BCUT2D eigenvalue weighted by Gasteiger charge is -2.48. The predicted molar refractivity (Wildman–Crippen MR) is 148 cm³/mol.